The molecule has 0 spiro atoms. The highest BCUT2D eigenvalue weighted by molar-refractivity contribution is 6.02. The quantitative estimate of drug-likeness (QED) is 0.711. The topological polar surface area (TPSA) is 89.7 Å². The smallest absolute Gasteiger partial charge is 0.276 e. The van der Waals surface area contributed by atoms with Gasteiger partial charge in [0.25, 0.3) is 5.91 Å². The van der Waals surface area contributed by atoms with Crippen molar-refractivity contribution in [3.63, 3.8) is 0 Å². The molecule has 0 aliphatic carbocycles. The minimum atomic E-state index is -0.507. The SMILES string of the molecule is Cl.O=C(Nc1ccc(-n2cncn2)c(F)c1)c1ccn(C2CCCNC2)n1. The van der Waals surface area contributed by atoms with Gasteiger partial charge in [-0.1, -0.05) is 0 Å². The Bertz CT molecular complexity index is 906. The minimum absolute atomic E-state index is 0. The number of nitrogens with one attached hydrogen (secondary N) is 2. The fraction of sp³-hybridized carbons (Fsp3) is 0.294. The normalized spacial score (nSPS) is 16.6. The first-order valence-corrected chi connectivity index (χ1v) is 8.42. The summed E-state index contributed by atoms with van der Waals surface area (Å²) in [6, 6.07) is 6.32. The molecule has 1 fully saturated rings. The van der Waals surface area contributed by atoms with Crippen molar-refractivity contribution in [3.8, 4) is 5.69 Å². The Kier molecular flexibility index (Phi) is 5.82. The van der Waals surface area contributed by atoms with Gasteiger partial charge >= 0.3 is 0 Å². The summed E-state index contributed by atoms with van der Waals surface area (Å²) < 4.78 is 17.4. The summed E-state index contributed by atoms with van der Waals surface area (Å²) in [6.45, 7) is 1.86. The highest BCUT2D eigenvalue weighted by Crippen LogP contribution is 2.19. The van der Waals surface area contributed by atoms with Crippen LogP contribution in [-0.2, 0) is 0 Å². The van der Waals surface area contributed by atoms with Crippen LogP contribution in [0.25, 0.3) is 5.69 Å². The number of halogens is 2. The molecule has 3 heterocycles. The van der Waals surface area contributed by atoms with Crippen LogP contribution in [0.5, 0.6) is 0 Å². The van der Waals surface area contributed by atoms with Crippen molar-refractivity contribution in [2.75, 3.05) is 18.4 Å². The van der Waals surface area contributed by atoms with Gasteiger partial charge in [-0.05, 0) is 43.7 Å². The van der Waals surface area contributed by atoms with Gasteiger partial charge in [-0.15, -0.1) is 12.4 Å². The molecule has 1 aromatic carbocycles. The predicted octanol–water partition coefficient (Wildman–Crippen LogP) is 2.20. The van der Waals surface area contributed by atoms with Crippen LogP contribution in [0.1, 0.15) is 29.4 Å². The molecule has 1 aliphatic heterocycles. The van der Waals surface area contributed by atoms with E-state index in [1.807, 2.05) is 4.68 Å². The zero-order chi connectivity index (χ0) is 17.9. The molecule has 1 aliphatic rings. The average molecular weight is 392 g/mol. The maximum Gasteiger partial charge on any atom is 0.276 e. The minimum Gasteiger partial charge on any atom is -0.320 e. The Morgan fingerprint density at radius 3 is 2.93 bits per heavy atom. The molecule has 0 saturated carbocycles. The lowest BCUT2D eigenvalue weighted by Gasteiger charge is -2.22. The Balaban J connectivity index is 0.00000210. The van der Waals surface area contributed by atoms with Crippen LogP contribution < -0.4 is 10.6 Å². The largest absolute Gasteiger partial charge is 0.320 e. The Morgan fingerprint density at radius 2 is 2.22 bits per heavy atom. The summed E-state index contributed by atoms with van der Waals surface area (Å²) in [5, 5.41) is 14.2. The summed E-state index contributed by atoms with van der Waals surface area (Å²) in [7, 11) is 0. The Morgan fingerprint density at radius 1 is 1.33 bits per heavy atom. The molecule has 10 heteroatoms. The predicted molar refractivity (Wildman–Crippen MR) is 99.9 cm³/mol. The third kappa shape index (κ3) is 4.15. The molecule has 4 rings (SSSR count). The van der Waals surface area contributed by atoms with Gasteiger partial charge < -0.3 is 10.6 Å². The van der Waals surface area contributed by atoms with Gasteiger partial charge in [0.2, 0.25) is 0 Å². The van der Waals surface area contributed by atoms with Crippen LogP contribution >= 0.6 is 12.4 Å². The number of hydrogen-bond donors (Lipinski definition) is 2. The van der Waals surface area contributed by atoms with E-state index in [1.54, 1.807) is 18.3 Å². The van der Waals surface area contributed by atoms with Gasteiger partial charge in [-0.2, -0.15) is 10.2 Å². The molecule has 1 atom stereocenters. The van der Waals surface area contributed by atoms with Gasteiger partial charge in [-0.3, -0.25) is 9.48 Å². The van der Waals surface area contributed by atoms with Crippen LogP contribution in [0.3, 0.4) is 0 Å². The second-order valence-electron chi connectivity index (χ2n) is 6.14. The first-order valence-electron chi connectivity index (χ1n) is 8.42. The van der Waals surface area contributed by atoms with Crippen LogP contribution in [0.15, 0.2) is 43.1 Å². The number of carbonyl (C=O) groups is 1. The van der Waals surface area contributed by atoms with Crippen LogP contribution in [0.2, 0.25) is 0 Å². The van der Waals surface area contributed by atoms with Crippen molar-refractivity contribution in [3.05, 3.63) is 54.6 Å². The number of nitrogens with zero attached hydrogens (tertiary/aromatic N) is 5. The number of piperidine rings is 1. The monoisotopic (exact) mass is 391 g/mol. The molecule has 1 amide bonds. The molecule has 0 radical (unpaired) electrons. The third-order valence-corrected chi connectivity index (χ3v) is 4.36. The summed E-state index contributed by atoms with van der Waals surface area (Å²) in [5.74, 6) is -0.882. The first kappa shape index (κ1) is 19.0. The summed E-state index contributed by atoms with van der Waals surface area (Å²) in [6.07, 6.45) is 6.66. The molecule has 2 aromatic heterocycles. The van der Waals surface area contributed by atoms with Gasteiger partial charge in [0.05, 0.1) is 6.04 Å². The third-order valence-electron chi connectivity index (χ3n) is 4.36. The first-order chi connectivity index (χ1) is 12.7. The number of carbonyl (C=O) groups excluding carboxylic acids is 1. The lowest BCUT2D eigenvalue weighted by atomic mass is 10.1. The number of benzene rings is 1. The maximum atomic E-state index is 14.2. The molecule has 142 valence electrons. The van der Waals surface area contributed by atoms with Crippen LogP contribution in [-0.4, -0.2) is 43.5 Å². The highest BCUT2D eigenvalue weighted by Gasteiger charge is 2.18. The van der Waals surface area contributed by atoms with Crippen molar-refractivity contribution in [2.45, 2.75) is 18.9 Å². The second kappa shape index (κ2) is 8.28. The van der Waals surface area contributed by atoms with E-state index in [9.17, 15) is 9.18 Å². The molecule has 3 aromatic rings. The van der Waals surface area contributed by atoms with Crippen molar-refractivity contribution in [1.29, 1.82) is 0 Å². The molecule has 1 unspecified atom stereocenters. The molecule has 8 nitrogen and oxygen atoms in total. The number of aromatic nitrogens is 5. The van der Waals surface area contributed by atoms with E-state index in [0.717, 1.165) is 25.9 Å². The van der Waals surface area contributed by atoms with E-state index in [1.165, 1.54) is 29.5 Å². The summed E-state index contributed by atoms with van der Waals surface area (Å²) >= 11 is 0. The van der Waals surface area contributed by atoms with Crippen molar-refractivity contribution in [1.82, 2.24) is 29.9 Å². The Hall–Kier alpha value is -2.78. The van der Waals surface area contributed by atoms with Gasteiger partial charge in [0.15, 0.2) is 11.5 Å². The maximum absolute atomic E-state index is 14.2. The zero-order valence-corrected chi connectivity index (χ0v) is 15.2. The van der Waals surface area contributed by atoms with E-state index in [-0.39, 0.29) is 30.0 Å². The fourth-order valence-corrected chi connectivity index (χ4v) is 3.02. The summed E-state index contributed by atoms with van der Waals surface area (Å²) in [5.41, 5.74) is 0.913. The molecule has 2 N–H and O–H groups in total. The number of anilines is 1. The van der Waals surface area contributed by atoms with Crippen LogP contribution in [0, 0.1) is 5.82 Å². The standard InChI is InChI=1S/C17H18FN7O.ClH/c18-14-8-12(3-4-16(14)25-11-20-10-21-25)22-17(26)15-5-7-24(23-15)13-2-1-6-19-9-13;/h3-5,7-8,10-11,13,19H,1-2,6,9H2,(H,22,26);1H. The second-order valence-corrected chi connectivity index (χ2v) is 6.14. The van der Waals surface area contributed by atoms with Gasteiger partial charge in [0, 0.05) is 18.4 Å². The van der Waals surface area contributed by atoms with E-state index in [0.29, 0.717) is 11.4 Å². The van der Waals surface area contributed by atoms with Crippen molar-refractivity contribution in [2.24, 2.45) is 0 Å². The number of rotatable bonds is 4. The van der Waals surface area contributed by atoms with Crippen molar-refractivity contribution < 1.29 is 9.18 Å². The lowest BCUT2D eigenvalue weighted by molar-refractivity contribution is 0.102. The number of amides is 1. The van der Waals surface area contributed by atoms with E-state index in [2.05, 4.69) is 25.8 Å². The molecular formula is C17H19ClFN7O. The zero-order valence-electron chi connectivity index (χ0n) is 14.4. The molecule has 0 bridgehead atoms. The number of hydrogen-bond acceptors (Lipinski definition) is 5. The van der Waals surface area contributed by atoms with Gasteiger partial charge in [-0.25, -0.2) is 14.1 Å². The molecular weight excluding hydrogens is 373 g/mol. The van der Waals surface area contributed by atoms with Crippen LogP contribution in [0.4, 0.5) is 10.1 Å². The Labute approximate surface area is 161 Å². The molecule has 27 heavy (non-hydrogen) atoms. The van der Waals surface area contributed by atoms with E-state index in [4.69, 9.17) is 0 Å². The molecule has 1 saturated heterocycles. The van der Waals surface area contributed by atoms with E-state index < -0.39 is 5.82 Å². The highest BCUT2D eigenvalue weighted by atomic mass is 35.5. The summed E-state index contributed by atoms with van der Waals surface area (Å²) in [4.78, 5) is 16.2. The lowest BCUT2D eigenvalue weighted by Crippen LogP contribution is -2.32. The van der Waals surface area contributed by atoms with Gasteiger partial charge in [0.1, 0.15) is 18.3 Å². The fourth-order valence-electron chi connectivity index (χ4n) is 3.02. The van der Waals surface area contributed by atoms with Crippen molar-refractivity contribution >= 4 is 24.0 Å². The average Bonchev–Trinajstić information content (AvgIpc) is 3.35. The van der Waals surface area contributed by atoms with E-state index >= 15 is 0 Å².